The third-order valence-corrected chi connectivity index (χ3v) is 3.03. The first-order valence-corrected chi connectivity index (χ1v) is 6.42. The first-order valence-electron chi connectivity index (χ1n) is 4.87. The van der Waals surface area contributed by atoms with E-state index in [4.69, 9.17) is 9.88 Å². The van der Waals surface area contributed by atoms with Gasteiger partial charge in [0.05, 0.1) is 11.5 Å². The van der Waals surface area contributed by atoms with Crippen molar-refractivity contribution in [2.45, 2.75) is 13.8 Å². The van der Waals surface area contributed by atoms with E-state index in [0.717, 1.165) is 11.3 Å². The zero-order chi connectivity index (χ0) is 12.2. The van der Waals surface area contributed by atoms with Gasteiger partial charge in [-0.15, -0.1) is 0 Å². The smallest absolute Gasteiger partial charge is 0.233 e. The molecular weight excluding hydrogens is 226 g/mol. The van der Waals surface area contributed by atoms with Gasteiger partial charge in [0, 0.05) is 0 Å². The van der Waals surface area contributed by atoms with Crippen LogP contribution in [0.25, 0.3) is 6.08 Å². The molecule has 0 atom stereocenters. The van der Waals surface area contributed by atoms with Gasteiger partial charge in [-0.25, -0.2) is 13.6 Å². The van der Waals surface area contributed by atoms with E-state index in [2.05, 4.69) is 0 Å². The van der Waals surface area contributed by atoms with Crippen LogP contribution in [0.2, 0.25) is 0 Å². The molecular formula is C11H15NO3S. The molecule has 0 saturated heterocycles. The summed E-state index contributed by atoms with van der Waals surface area (Å²) in [5.41, 5.74) is 0.773. The molecule has 0 spiro atoms. The predicted molar refractivity (Wildman–Crippen MR) is 64.4 cm³/mol. The Morgan fingerprint density at radius 1 is 1.38 bits per heavy atom. The summed E-state index contributed by atoms with van der Waals surface area (Å²) in [6, 6.07) is 7.12. The molecule has 0 aliphatic rings. The monoisotopic (exact) mass is 241 g/mol. The highest BCUT2D eigenvalue weighted by atomic mass is 32.2. The molecule has 0 amide bonds. The second-order valence-corrected chi connectivity index (χ2v) is 5.04. The van der Waals surface area contributed by atoms with Gasteiger partial charge in [0.25, 0.3) is 0 Å². The summed E-state index contributed by atoms with van der Waals surface area (Å²) in [5, 5.41) is 4.98. The molecule has 1 aromatic carbocycles. The van der Waals surface area contributed by atoms with Crippen LogP contribution < -0.4 is 9.88 Å². The number of primary sulfonamides is 1. The first kappa shape index (κ1) is 12.7. The number of benzene rings is 1. The Morgan fingerprint density at radius 3 is 2.38 bits per heavy atom. The number of sulfonamides is 1. The fourth-order valence-corrected chi connectivity index (χ4v) is 1.44. The van der Waals surface area contributed by atoms with Crippen molar-refractivity contribution in [1.29, 1.82) is 0 Å². The van der Waals surface area contributed by atoms with Gasteiger partial charge in [0.1, 0.15) is 5.75 Å². The Bertz CT molecular complexity index is 474. The number of nitrogens with two attached hydrogens (primary N) is 1. The molecule has 0 bridgehead atoms. The van der Waals surface area contributed by atoms with E-state index in [0.29, 0.717) is 6.61 Å². The molecule has 1 aromatic rings. The van der Waals surface area contributed by atoms with Crippen molar-refractivity contribution in [2.75, 3.05) is 6.61 Å². The molecule has 0 aliphatic carbocycles. The van der Waals surface area contributed by atoms with Crippen LogP contribution in [0, 0.1) is 0 Å². The molecule has 0 fully saturated rings. The molecule has 88 valence electrons. The fraction of sp³-hybridized carbons (Fsp3) is 0.273. The van der Waals surface area contributed by atoms with E-state index in [1.807, 2.05) is 6.92 Å². The highest BCUT2D eigenvalue weighted by molar-refractivity contribution is 7.93. The van der Waals surface area contributed by atoms with Crippen molar-refractivity contribution < 1.29 is 13.2 Å². The third kappa shape index (κ3) is 3.67. The number of ether oxygens (including phenoxy) is 1. The highest BCUT2D eigenvalue weighted by Crippen LogP contribution is 2.15. The molecule has 4 nitrogen and oxygen atoms in total. The van der Waals surface area contributed by atoms with Crippen molar-refractivity contribution in [3.05, 3.63) is 34.7 Å². The van der Waals surface area contributed by atoms with Gasteiger partial charge >= 0.3 is 0 Å². The van der Waals surface area contributed by atoms with Gasteiger partial charge < -0.3 is 4.74 Å². The summed E-state index contributed by atoms with van der Waals surface area (Å²) in [5.74, 6) is 0.757. The van der Waals surface area contributed by atoms with Crippen molar-refractivity contribution >= 4 is 16.1 Å². The molecule has 0 heterocycles. The normalized spacial score (nSPS) is 12.6. The maximum absolute atomic E-state index is 11.0. The highest BCUT2D eigenvalue weighted by Gasteiger charge is 2.05. The summed E-state index contributed by atoms with van der Waals surface area (Å²) in [4.78, 5) is 0.136. The second kappa shape index (κ2) is 5.14. The minimum Gasteiger partial charge on any atom is -0.494 e. The van der Waals surface area contributed by atoms with E-state index in [1.54, 1.807) is 24.3 Å². The van der Waals surface area contributed by atoms with Gasteiger partial charge in [-0.2, -0.15) is 0 Å². The van der Waals surface area contributed by atoms with Gasteiger partial charge in [0.15, 0.2) is 0 Å². The molecule has 0 aromatic heterocycles. The summed E-state index contributed by atoms with van der Waals surface area (Å²) < 4.78 is 27.2. The van der Waals surface area contributed by atoms with E-state index >= 15 is 0 Å². The lowest BCUT2D eigenvalue weighted by Crippen LogP contribution is -2.12. The minimum absolute atomic E-state index is 0.136. The van der Waals surface area contributed by atoms with Crippen molar-refractivity contribution in [1.82, 2.24) is 0 Å². The van der Waals surface area contributed by atoms with Crippen molar-refractivity contribution in [2.24, 2.45) is 5.14 Å². The number of rotatable bonds is 4. The van der Waals surface area contributed by atoms with Crippen molar-refractivity contribution in [3.63, 3.8) is 0 Å². The molecule has 2 N–H and O–H groups in total. The average Bonchev–Trinajstić information content (AvgIpc) is 2.20. The number of hydrogen-bond donors (Lipinski definition) is 1. The van der Waals surface area contributed by atoms with Crippen LogP contribution in [0.1, 0.15) is 19.4 Å². The lowest BCUT2D eigenvalue weighted by Gasteiger charge is -2.03. The zero-order valence-electron chi connectivity index (χ0n) is 9.30. The van der Waals surface area contributed by atoms with Gasteiger partial charge in [-0.05, 0) is 37.6 Å². The Morgan fingerprint density at radius 2 is 1.94 bits per heavy atom. The van der Waals surface area contributed by atoms with E-state index in [9.17, 15) is 8.42 Å². The van der Waals surface area contributed by atoms with Crippen LogP contribution >= 0.6 is 0 Å². The third-order valence-electron chi connectivity index (χ3n) is 2.01. The van der Waals surface area contributed by atoms with Crippen molar-refractivity contribution in [3.8, 4) is 5.75 Å². The molecule has 16 heavy (non-hydrogen) atoms. The molecule has 0 aliphatic heterocycles. The standard InChI is InChI=1S/C11H15NO3S/c1-3-15-11-6-4-10(5-7-11)8-9(2)16(12,13)14/h4-8H,3H2,1-2H3,(H2,12,13,14). The summed E-state index contributed by atoms with van der Waals surface area (Å²) in [7, 11) is -3.59. The van der Waals surface area contributed by atoms with E-state index in [1.165, 1.54) is 13.0 Å². The largest absolute Gasteiger partial charge is 0.494 e. The molecule has 1 rings (SSSR count). The lowest BCUT2D eigenvalue weighted by atomic mass is 10.2. The Labute approximate surface area is 95.8 Å². The van der Waals surface area contributed by atoms with Gasteiger partial charge in [-0.1, -0.05) is 12.1 Å². The van der Waals surface area contributed by atoms with Crippen LogP contribution in [0.3, 0.4) is 0 Å². The van der Waals surface area contributed by atoms with E-state index < -0.39 is 10.0 Å². The topological polar surface area (TPSA) is 69.4 Å². The fourth-order valence-electron chi connectivity index (χ4n) is 1.14. The predicted octanol–water partition coefficient (Wildman–Crippen LogP) is 1.73. The van der Waals surface area contributed by atoms with Gasteiger partial charge in [0.2, 0.25) is 10.0 Å². The maximum atomic E-state index is 11.0. The average molecular weight is 241 g/mol. The number of allylic oxidation sites excluding steroid dienone is 1. The SMILES string of the molecule is CCOc1ccc(C=C(C)S(N)(=O)=O)cc1. The summed E-state index contributed by atoms with van der Waals surface area (Å²) in [6.07, 6.45) is 1.52. The number of hydrogen-bond acceptors (Lipinski definition) is 3. The van der Waals surface area contributed by atoms with Crippen LogP contribution in [0.15, 0.2) is 29.2 Å². The zero-order valence-corrected chi connectivity index (χ0v) is 10.1. The first-order chi connectivity index (χ1) is 7.43. The van der Waals surface area contributed by atoms with Crippen LogP contribution in [0.4, 0.5) is 0 Å². The minimum atomic E-state index is -3.59. The molecule has 5 heteroatoms. The Hall–Kier alpha value is -1.33. The summed E-state index contributed by atoms with van der Waals surface area (Å²) >= 11 is 0. The Kier molecular flexibility index (Phi) is 4.09. The molecule has 0 unspecified atom stereocenters. The molecule has 0 saturated carbocycles. The molecule has 0 radical (unpaired) electrons. The van der Waals surface area contributed by atoms with Crippen LogP contribution in [0.5, 0.6) is 5.75 Å². The Balaban J connectivity index is 2.91. The lowest BCUT2D eigenvalue weighted by molar-refractivity contribution is 0.340. The second-order valence-electron chi connectivity index (χ2n) is 3.30. The maximum Gasteiger partial charge on any atom is 0.233 e. The van der Waals surface area contributed by atoms with Crippen LogP contribution in [-0.2, 0) is 10.0 Å². The van der Waals surface area contributed by atoms with Crippen LogP contribution in [-0.4, -0.2) is 15.0 Å². The van der Waals surface area contributed by atoms with E-state index in [-0.39, 0.29) is 4.91 Å². The quantitative estimate of drug-likeness (QED) is 0.872. The van der Waals surface area contributed by atoms with Gasteiger partial charge in [-0.3, -0.25) is 0 Å². The summed E-state index contributed by atoms with van der Waals surface area (Å²) in [6.45, 7) is 3.97.